The van der Waals surface area contributed by atoms with E-state index in [-0.39, 0.29) is 42.3 Å². The molecule has 1 aliphatic heterocycles. The maximum absolute atomic E-state index is 13.2. The van der Waals surface area contributed by atoms with E-state index in [1.807, 2.05) is 0 Å². The minimum Gasteiger partial charge on any atom is -0.493 e. The molecule has 1 saturated heterocycles. The lowest BCUT2D eigenvalue weighted by Crippen LogP contribution is -2.53. The smallest absolute Gasteiger partial charge is 0.243 e. The van der Waals surface area contributed by atoms with Crippen LogP contribution in [0.5, 0.6) is 11.5 Å². The molecule has 1 fully saturated rings. The largest absolute Gasteiger partial charge is 0.493 e. The molecule has 1 heterocycles. The summed E-state index contributed by atoms with van der Waals surface area (Å²) >= 11 is 0. The summed E-state index contributed by atoms with van der Waals surface area (Å²) in [5.74, 6) is -0.234. The van der Waals surface area contributed by atoms with Crippen LogP contribution in [0, 0.1) is 5.82 Å². The first kappa shape index (κ1) is 26.4. The summed E-state index contributed by atoms with van der Waals surface area (Å²) < 4.78 is 50.9. The van der Waals surface area contributed by atoms with Crippen LogP contribution in [0.1, 0.15) is 25.3 Å². The molecule has 0 bridgehead atoms. The molecule has 0 saturated carbocycles. The molecule has 2 amide bonds. The number of carbonyl (C=O) groups excluding carboxylic acids is 2. The zero-order valence-corrected chi connectivity index (χ0v) is 20.7. The Morgan fingerprint density at radius 3 is 2.31 bits per heavy atom. The predicted octanol–water partition coefficient (Wildman–Crippen LogP) is 1.86. The molecule has 3 rings (SSSR count). The van der Waals surface area contributed by atoms with Crippen molar-refractivity contribution < 1.29 is 31.9 Å². The predicted molar refractivity (Wildman–Crippen MR) is 127 cm³/mol. The number of nitrogens with one attached hydrogen (secondary N) is 2. The topological polar surface area (TPSA) is 114 Å². The van der Waals surface area contributed by atoms with E-state index >= 15 is 0 Å². The monoisotopic (exact) mass is 507 g/mol. The molecule has 2 aromatic carbocycles. The lowest BCUT2D eigenvalue weighted by molar-refractivity contribution is -0.128. The number of sulfonamides is 1. The van der Waals surface area contributed by atoms with Crippen molar-refractivity contribution in [2.75, 3.05) is 27.3 Å². The Morgan fingerprint density at radius 2 is 1.74 bits per heavy atom. The fourth-order valence-corrected chi connectivity index (χ4v) is 5.56. The number of halogens is 1. The van der Waals surface area contributed by atoms with Crippen molar-refractivity contribution in [1.82, 2.24) is 14.9 Å². The van der Waals surface area contributed by atoms with Gasteiger partial charge in [0.15, 0.2) is 11.5 Å². The molecule has 2 N–H and O–H groups in total. The molecule has 11 heteroatoms. The van der Waals surface area contributed by atoms with E-state index in [0.29, 0.717) is 29.9 Å². The standard InChI is InChI=1S/C24H30FN3O6S/c1-16(29)26-21(15-17-5-4-6-22(33-2)23(17)34-3)24(30)27-19-11-13-28(14-12-19)35(31,32)20-9-7-18(25)8-10-20/h4-10,19,21H,11-15H2,1-3H3,(H,26,29)(H,27,30). The Morgan fingerprint density at radius 1 is 1.09 bits per heavy atom. The van der Waals surface area contributed by atoms with Gasteiger partial charge in [-0.2, -0.15) is 4.31 Å². The van der Waals surface area contributed by atoms with Gasteiger partial charge in [-0.25, -0.2) is 12.8 Å². The third-order valence-electron chi connectivity index (χ3n) is 5.85. The number of benzene rings is 2. The van der Waals surface area contributed by atoms with Crippen molar-refractivity contribution in [2.24, 2.45) is 0 Å². The van der Waals surface area contributed by atoms with Gasteiger partial charge in [-0.15, -0.1) is 0 Å². The second-order valence-corrected chi connectivity index (χ2v) is 10.2. The Balaban J connectivity index is 1.65. The van der Waals surface area contributed by atoms with E-state index in [9.17, 15) is 22.4 Å². The maximum Gasteiger partial charge on any atom is 0.243 e. The molecule has 1 aliphatic rings. The van der Waals surface area contributed by atoms with E-state index in [1.54, 1.807) is 18.2 Å². The number of methoxy groups -OCH3 is 2. The molecule has 35 heavy (non-hydrogen) atoms. The summed E-state index contributed by atoms with van der Waals surface area (Å²) in [6, 6.07) is 8.90. The van der Waals surface area contributed by atoms with Gasteiger partial charge in [0, 0.05) is 38.0 Å². The van der Waals surface area contributed by atoms with Crippen molar-refractivity contribution in [2.45, 2.75) is 43.2 Å². The number of hydrogen-bond acceptors (Lipinski definition) is 6. The van der Waals surface area contributed by atoms with Gasteiger partial charge in [0.25, 0.3) is 0 Å². The van der Waals surface area contributed by atoms with E-state index in [0.717, 1.165) is 12.1 Å². The average Bonchev–Trinajstić information content (AvgIpc) is 2.83. The van der Waals surface area contributed by atoms with Gasteiger partial charge >= 0.3 is 0 Å². The number of piperidine rings is 1. The minimum absolute atomic E-state index is 0.0272. The first-order chi connectivity index (χ1) is 16.6. The lowest BCUT2D eigenvalue weighted by atomic mass is 10.0. The van der Waals surface area contributed by atoms with Crippen molar-refractivity contribution in [3.05, 3.63) is 53.8 Å². The summed E-state index contributed by atoms with van der Waals surface area (Å²) in [5, 5.41) is 5.61. The van der Waals surface area contributed by atoms with Gasteiger partial charge in [0.2, 0.25) is 21.8 Å². The Kier molecular flexibility index (Phi) is 8.68. The number of rotatable bonds is 9. The average molecular weight is 508 g/mol. The third kappa shape index (κ3) is 6.49. The molecule has 1 unspecified atom stereocenters. The van der Waals surface area contributed by atoms with Gasteiger partial charge in [-0.3, -0.25) is 9.59 Å². The minimum atomic E-state index is -3.75. The first-order valence-corrected chi connectivity index (χ1v) is 12.6. The van der Waals surface area contributed by atoms with Crippen molar-refractivity contribution in [1.29, 1.82) is 0 Å². The Labute approximate surface area is 204 Å². The number of hydrogen-bond donors (Lipinski definition) is 2. The quantitative estimate of drug-likeness (QED) is 0.536. The molecule has 1 atom stereocenters. The molecule has 0 aromatic heterocycles. The molecule has 2 aromatic rings. The van der Waals surface area contributed by atoms with Gasteiger partial charge < -0.3 is 20.1 Å². The Bertz CT molecular complexity index is 1150. The fourth-order valence-electron chi connectivity index (χ4n) is 4.09. The van der Waals surface area contributed by atoms with Gasteiger partial charge in [0.05, 0.1) is 19.1 Å². The van der Waals surface area contributed by atoms with E-state index < -0.39 is 21.9 Å². The fraction of sp³-hybridized carbons (Fsp3) is 0.417. The normalized spacial score (nSPS) is 15.8. The summed E-state index contributed by atoms with van der Waals surface area (Å²) in [5.41, 5.74) is 0.695. The maximum atomic E-state index is 13.2. The van der Waals surface area contributed by atoms with Crippen molar-refractivity contribution >= 4 is 21.8 Å². The zero-order chi connectivity index (χ0) is 25.6. The number of ether oxygens (including phenoxy) is 2. The first-order valence-electron chi connectivity index (χ1n) is 11.2. The van der Waals surface area contributed by atoms with Crippen molar-refractivity contribution in [3.8, 4) is 11.5 Å². The van der Waals surface area contributed by atoms with Gasteiger partial charge in [-0.05, 0) is 43.2 Å². The van der Waals surface area contributed by atoms with Crippen LogP contribution < -0.4 is 20.1 Å². The SMILES string of the molecule is COc1cccc(CC(NC(C)=O)C(=O)NC2CCN(S(=O)(=O)c3ccc(F)cc3)CC2)c1OC. The molecule has 190 valence electrons. The van der Waals surface area contributed by atoms with Crippen LogP contribution in [0.3, 0.4) is 0 Å². The van der Waals surface area contributed by atoms with Crippen LogP contribution >= 0.6 is 0 Å². The van der Waals surface area contributed by atoms with Crippen LogP contribution in [0.4, 0.5) is 4.39 Å². The summed E-state index contributed by atoms with van der Waals surface area (Å²) in [6.45, 7) is 1.75. The highest BCUT2D eigenvalue weighted by atomic mass is 32.2. The van der Waals surface area contributed by atoms with Crippen LogP contribution in [0.2, 0.25) is 0 Å². The molecule has 0 aliphatic carbocycles. The highest BCUT2D eigenvalue weighted by Crippen LogP contribution is 2.31. The molecule has 9 nitrogen and oxygen atoms in total. The summed E-state index contributed by atoms with van der Waals surface area (Å²) in [6.07, 6.45) is 0.993. The van der Waals surface area contributed by atoms with Gasteiger partial charge in [-0.1, -0.05) is 12.1 Å². The number of nitrogens with zero attached hydrogens (tertiary/aromatic N) is 1. The number of carbonyl (C=O) groups is 2. The highest BCUT2D eigenvalue weighted by Gasteiger charge is 2.31. The van der Waals surface area contributed by atoms with Crippen LogP contribution in [0.15, 0.2) is 47.4 Å². The Hall–Kier alpha value is -3.18. The van der Waals surface area contributed by atoms with Crippen LogP contribution in [0.25, 0.3) is 0 Å². The van der Waals surface area contributed by atoms with Crippen LogP contribution in [-0.2, 0) is 26.0 Å². The molecule has 0 spiro atoms. The second kappa shape index (κ2) is 11.5. The molecular weight excluding hydrogens is 477 g/mol. The van der Waals surface area contributed by atoms with Crippen molar-refractivity contribution in [3.63, 3.8) is 0 Å². The number of para-hydroxylation sites is 1. The van der Waals surface area contributed by atoms with E-state index in [2.05, 4.69) is 10.6 Å². The van der Waals surface area contributed by atoms with E-state index in [1.165, 1.54) is 37.6 Å². The number of amides is 2. The van der Waals surface area contributed by atoms with E-state index in [4.69, 9.17) is 9.47 Å². The summed E-state index contributed by atoms with van der Waals surface area (Å²) in [4.78, 5) is 24.9. The zero-order valence-electron chi connectivity index (χ0n) is 19.9. The second-order valence-electron chi connectivity index (χ2n) is 8.25. The van der Waals surface area contributed by atoms with Crippen LogP contribution in [-0.4, -0.2) is 63.9 Å². The highest BCUT2D eigenvalue weighted by molar-refractivity contribution is 7.89. The summed E-state index contributed by atoms with van der Waals surface area (Å²) in [7, 11) is -0.728. The molecular formula is C24H30FN3O6S. The van der Waals surface area contributed by atoms with Gasteiger partial charge in [0.1, 0.15) is 11.9 Å². The lowest BCUT2D eigenvalue weighted by Gasteiger charge is -2.32. The molecule has 0 radical (unpaired) electrons. The third-order valence-corrected chi connectivity index (χ3v) is 7.77.